The maximum Gasteiger partial charge on any atom is 0.343 e. The van der Waals surface area contributed by atoms with Crippen molar-refractivity contribution in [1.29, 1.82) is 0 Å². The highest BCUT2D eigenvalue weighted by Gasteiger charge is 2.22. The first-order chi connectivity index (χ1) is 10.7. The van der Waals surface area contributed by atoms with Gasteiger partial charge in [-0.1, -0.05) is 24.3 Å². The minimum atomic E-state index is -0.325. The molecule has 0 aliphatic carbocycles. The van der Waals surface area contributed by atoms with Gasteiger partial charge in [-0.15, -0.1) is 0 Å². The molecule has 2 aromatic rings. The van der Waals surface area contributed by atoms with Gasteiger partial charge in [-0.25, -0.2) is 4.79 Å². The molecule has 22 heavy (non-hydrogen) atoms. The first-order valence-electron chi connectivity index (χ1n) is 7.03. The van der Waals surface area contributed by atoms with Gasteiger partial charge in [0.05, 0.1) is 12.7 Å². The fourth-order valence-electron chi connectivity index (χ4n) is 2.30. The fraction of sp³-hybridized carbons (Fsp3) is 0.105. The first kappa shape index (κ1) is 14.1. The van der Waals surface area contributed by atoms with Gasteiger partial charge in [0.1, 0.15) is 11.5 Å². The Balaban J connectivity index is 1.92. The van der Waals surface area contributed by atoms with E-state index in [0.717, 1.165) is 22.4 Å². The highest BCUT2D eigenvalue weighted by molar-refractivity contribution is 6.05. The standard InChI is InChI=1S/C19H16O3/c1-13-5-3-4-6-15(13)11-16-12-18(22-19(16)20)14-7-9-17(21-2)10-8-14/h3-12H,1-2H3. The summed E-state index contributed by atoms with van der Waals surface area (Å²) in [5.41, 5.74) is 3.54. The molecule has 110 valence electrons. The fourth-order valence-corrected chi connectivity index (χ4v) is 2.30. The molecule has 3 rings (SSSR count). The molecule has 0 saturated heterocycles. The van der Waals surface area contributed by atoms with Crippen molar-refractivity contribution >= 4 is 17.8 Å². The zero-order valence-electron chi connectivity index (χ0n) is 12.5. The molecular weight excluding hydrogens is 276 g/mol. The van der Waals surface area contributed by atoms with Crippen LogP contribution in [0, 0.1) is 6.92 Å². The number of carbonyl (C=O) groups is 1. The van der Waals surface area contributed by atoms with Gasteiger partial charge in [0, 0.05) is 5.56 Å². The van der Waals surface area contributed by atoms with E-state index in [0.29, 0.717) is 11.3 Å². The van der Waals surface area contributed by atoms with Crippen LogP contribution >= 0.6 is 0 Å². The quantitative estimate of drug-likeness (QED) is 0.634. The van der Waals surface area contributed by atoms with Gasteiger partial charge in [-0.2, -0.15) is 0 Å². The van der Waals surface area contributed by atoms with Crippen LogP contribution in [0.25, 0.3) is 11.8 Å². The van der Waals surface area contributed by atoms with E-state index in [1.807, 2.05) is 61.5 Å². The maximum atomic E-state index is 12.0. The van der Waals surface area contributed by atoms with E-state index in [1.165, 1.54) is 0 Å². The SMILES string of the molecule is COc1ccc(C2=CC(=Cc3ccccc3C)C(=O)O2)cc1. The van der Waals surface area contributed by atoms with Crippen LogP contribution in [0.3, 0.4) is 0 Å². The van der Waals surface area contributed by atoms with Crippen molar-refractivity contribution in [3.05, 3.63) is 76.9 Å². The molecule has 1 heterocycles. The van der Waals surface area contributed by atoms with Crippen LogP contribution in [-0.4, -0.2) is 13.1 Å². The molecule has 0 atom stereocenters. The van der Waals surface area contributed by atoms with Crippen LogP contribution in [0.2, 0.25) is 0 Å². The maximum absolute atomic E-state index is 12.0. The summed E-state index contributed by atoms with van der Waals surface area (Å²) in [5, 5.41) is 0. The molecule has 3 heteroatoms. The van der Waals surface area contributed by atoms with Gasteiger partial charge < -0.3 is 9.47 Å². The van der Waals surface area contributed by atoms with Gasteiger partial charge in [0.25, 0.3) is 0 Å². The Bertz CT molecular complexity index is 768. The highest BCUT2D eigenvalue weighted by atomic mass is 16.5. The number of aryl methyl sites for hydroxylation is 1. The van der Waals surface area contributed by atoms with E-state index in [4.69, 9.17) is 9.47 Å². The van der Waals surface area contributed by atoms with E-state index in [2.05, 4.69) is 0 Å². The Labute approximate surface area is 129 Å². The van der Waals surface area contributed by atoms with Crippen molar-refractivity contribution in [2.45, 2.75) is 6.92 Å². The Morgan fingerprint density at radius 1 is 1.05 bits per heavy atom. The molecule has 2 aromatic carbocycles. The number of carbonyl (C=O) groups excluding carboxylic acids is 1. The highest BCUT2D eigenvalue weighted by Crippen LogP contribution is 2.28. The summed E-state index contributed by atoms with van der Waals surface area (Å²) in [4.78, 5) is 12.0. The number of hydrogen-bond donors (Lipinski definition) is 0. The van der Waals surface area contributed by atoms with Gasteiger partial charge in [-0.3, -0.25) is 0 Å². The summed E-state index contributed by atoms with van der Waals surface area (Å²) >= 11 is 0. The lowest BCUT2D eigenvalue weighted by molar-refractivity contribution is -0.130. The van der Waals surface area contributed by atoms with Crippen LogP contribution in [0.1, 0.15) is 16.7 Å². The predicted octanol–water partition coefficient (Wildman–Crippen LogP) is 3.98. The van der Waals surface area contributed by atoms with E-state index in [-0.39, 0.29) is 5.97 Å². The largest absolute Gasteiger partial charge is 0.497 e. The molecule has 0 N–H and O–H groups in total. The van der Waals surface area contributed by atoms with Gasteiger partial charge in [0.15, 0.2) is 0 Å². The average Bonchev–Trinajstić information content (AvgIpc) is 2.91. The molecule has 0 radical (unpaired) electrons. The molecule has 0 spiro atoms. The zero-order valence-corrected chi connectivity index (χ0v) is 12.5. The summed E-state index contributed by atoms with van der Waals surface area (Å²) in [5.74, 6) is 1.01. The van der Waals surface area contributed by atoms with Crippen molar-refractivity contribution in [2.75, 3.05) is 7.11 Å². The predicted molar refractivity (Wildman–Crippen MR) is 86.2 cm³/mol. The number of esters is 1. The lowest BCUT2D eigenvalue weighted by Crippen LogP contribution is -1.97. The summed E-state index contributed by atoms with van der Waals surface area (Å²) in [6.07, 6.45) is 3.63. The van der Waals surface area contributed by atoms with Gasteiger partial charge in [-0.05, 0) is 54.5 Å². The Kier molecular flexibility index (Phi) is 3.79. The van der Waals surface area contributed by atoms with Crippen LogP contribution < -0.4 is 4.74 Å². The lowest BCUT2D eigenvalue weighted by Gasteiger charge is -2.03. The zero-order chi connectivity index (χ0) is 15.5. The number of ether oxygens (including phenoxy) is 2. The Morgan fingerprint density at radius 2 is 1.77 bits per heavy atom. The van der Waals surface area contributed by atoms with Crippen LogP contribution in [0.4, 0.5) is 0 Å². The molecule has 0 bridgehead atoms. The second kappa shape index (κ2) is 5.90. The van der Waals surface area contributed by atoms with Crippen molar-refractivity contribution in [1.82, 2.24) is 0 Å². The Morgan fingerprint density at radius 3 is 2.45 bits per heavy atom. The molecule has 1 aliphatic heterocycles. The van der Waals surface area contributed by atoms with Crippen molar-refractivity contribution in [3.63, 3.8) is 0 Å². The van der Waals surface area contributed by atoms with E-state index >= 15 is 0 Å². The van der Waals surface area contributed by atoms with Gasteiger partial charge in [0.2, 0.25) is 0 Å². The molecule has 0 fully saturated rings. The molecule has 0 amide bonds. The van der Waals surface area contributed by atoms with Crippen LogP contribution in [-0.2, 0) is 9.53 Å². The second-order valence-electron chi connectivity index (χ2n) is 5.08. The van der Waals surface area contributed by atoms with Crippen molar-refractivity contribution < 1.29 is 14.3 Å². The normalized spacial score (nSPS) is 15.6. The van der Waals surface area contributed by atoms with E-state index < -0.39 is 0 Å². The Hall–Kier alpha value is -2.81. The summed E-state index contributed by atoms with van der Waals surface area (Å²) in [6, 6.07) is 15.3. The van der Waals surface area contributed by atoms with E-state index in [1.54, 1.807) is 13.2 Å². The van der Waals surface area contributed by atoms with Crippen molar-refractivity contribution in [3.8, 4) is 5.75 Å². The average molecular weight is 292 g/mol. The molecule has 0 saturated carbocycles. The number of benzene rings is 2. The lowest BCUT2D eigenvalue weighted by atomic mass is 10.1. The molecule has 0 unspecified atom stereocenters. The smallest absolute Gasteiger partial charge is 0.343 e. The summed E-state index contributed by atoms with van der Waals surface area (Å²) in [7, 11) is 1.62. The first-order valence-corrected chi connectivity index (χ1v) is 7.03. The monoisotopic (exact) mass is 292 g/mol. The van der Waals surface area contributed by atoms with Crippen LogP contribution in [0.5, 0.6) is 5.75 Å². The topological polar surface area (TPSA) is 35.5 Å². The number of rotatable bonds is 3. The third-order valence-electron chi connectivity index (χ3n) is 3.60. The minimum absolute atomic E-state index is 0.325. The van der Waals surface area contributed by atoms with Crippen molar-refractivity contribution in [2.24, 2.45) is 0 Å². The second-order valence-corrected chi connectivity index (χ2v) is 5.08. The number of hydrogen-bond acceptors (Lipinski definition) is 3. The number of methoxy groups -OCH3 is 1. The molecular formula is C19H16O3. The summed E-state index contributed by atoms with van der Waals surface area (Å²) in [6.45, 7) is 2.01. The molecule has 3 nitrogen and oxygen atoms in total. The van der Waals surface area contributed by atoms with E-state index in [9.17, 15) is 4.79 Å². The third-order valence-corrected chi connectivity index (χ3v) is 3.60. The molecule has 0 aromatic heterocycles. The van der Waals surface area contributed by atoms with Crippen LogP contribution in [0.15, 0.2) is 60.2 Å². The summed E-state index contributed by atoms with van der Waals surface area (Å²) < 4.78 is 10.5. The van der Waals surface area contributed by atoms with Gasteiger partial charge >= 0.3 is 5.97 Å². The molecule has 1 aliphatic rings. The number of cyclic esters (lactones) is 1. The minimum Gasteiger partial charge on any atom is -0.497 e. The third kappa shape index (κ3) is 2.79.